The van der Waals surface area contributed by atoms with Gasteiger partial charge in [-0.15, -0.1) is 0 Å². The molecule has 6 atom stereocenters. The Morgan fingerprint density at radius 2 is 1.12 bits per heavy atom. The first-order valence-corrected chi connectivity index (χ1v) is 17.7. The fraction of sp³-hybridized carbons (Fsp3) is 0.744. The van der Waals surface area contributed by atoms with E-state index in [4.69, 9.17) is 23.7 Å². The zero-order valence-electron chi connectivity index (χ0n) is 32.5. The number of nitrogens with zero attached hydrogens (tertiary/aromatic N) is 1. The molecule has 0 N–H and O–H groups in total. The summed E-state index contributed by atoms with van der Waals surface area (Å²) in [6, 6.07) is 9.84. The van der Waals surface area contributed by atoms with E-state index in [9.17, 15) is 19.2 Å². The van der Waals surface area contributed by atoms with Gasteiger partial charge in [-0.1, -0.05) is 57.0 Å². The van der Waals surface area contributed by atoms with Crippen molar-refractivity contribution >= 4 is 23.9 Å². The third-order valence-electron chi connectivity index (χ3n) is 8.27. The maximum atomic E-state index is 13.7. The Morgan fingerprint density at radius 1 is 0.673 bits per heavy atom. The largest absolute Gasteiger partial charge is 0.462 e. The monoisotopic (exact) mass is 689 g/mol. The highest BCUT2D eigenvalue weighted by atomic mass is 16.7. The molecule has 0 spiro atoms. The molecule has 1 aliphatic heterocycles. The maximum Gasteiger partial charge on any atom is 0.311 e. The summed E-state index contributed by atoms with van der Waals surface area (Å²) < 4.78 is 31.3. The van der Waals surface area contributed by atoms with E-state index >= 15 is 0 Å². The van der Waals surface area contributed by atoms with Crippen molar-refractivity contribution in [1.82, 2.24) is 4.90 Å². The summed E-state index contributed by atoms with van der Waals surface area (Å²) in [6.07, 6.45) is -3.18. The van der Waals surface area contributed by atoms with E-state index < -0.39 is 76.2 Å². The first kappa shape index (κ1) is 42.2. The number of benzene rings is 1. The maximum absolute atomic E-state index is 13.7. The highest BCUT2D eigenvalue weighted by molar-refractivity contribution is 5.78. The number of likely N-dealkylation sites (N-methyl/N-ethyl adjacent to an activating group) is 1. The van der Waals surface area contributed by atoms with Crippen LogP contribution in [-0.2, 0) is 42.9 Å². The highest BCUT2D eigenvalue weighted by Gasteiger charge is 2.56. The van der Waals surface area contributed by atoms with Crippen LogP contribution in [0.5, 0.6) is 0 Å². The Bertz CT molecular complexity index is 1250. The summed E-state index contributed by atoms with van der Waals surface area (Å²) >= 11 is 0. The fourth-order valence-corrected chi connectivity index (χ4v) is 5.15. The predicted molar refractivity (Wildman–Crippen MR) is 188 cm³/mol. The average molecular weight is 690 g/mol. The molecule has 1 fully saturated rings. The number of rotatable bonds is 12. The van der Waals surface area contributed by atoms with E-state index in [0.29, 0.717) is 6.54 Å². The minimum absolute atomic E-state index is 0.169. The van der Waals surface area contributed by atoms with Gasteiger partial charge < -0.3 is 23.7 Å². The van der Waals surface area contributed by atoms with Crippen molar-refractivity contribution < 1.29 is 42.9 Å². The summed E-state index contributed by atoms with van der Waals surface area (Å²) in [5.41, 5.74) is -2.58. The second-order valence-corrected chi connectivity index (χ2v) is 17.2. The van der Waals surface area contributed by atoms with Gasteiger partial charge in [-0.25, -0.2) is 0 Å². The molecule has 0 unspecified atom stereocenters. The lowest BCUT2D eigenvalue weighted by molar-refractivity contribution is -0.288. The Hall–Kier alpha value is -2.98. The minimum Gasteiger partial charge on any atom is -0.462 e. The van der Waals surface area contributed by atoms with Crippen LogP contribution in [0.4, 0.5) is 0 Å². The summed E-state index contributed by atoms with van der Waals surface area (Å²) in [5.74, 6) is -2.18. The van der Waals surface area contributed by atoms with E-state index in [-0.39, 0.29) is 12.6 Å². The summed E-state index contributed by atoms with van der Waals surface area (Å²) in [7, 11) is 0. The van der Waals surface area contributed by atoms with Crippen molar-refractivity contribution in [3.63, 3.8) is 0 Å². The van der Waals surface area contributed by atoms with Crippen LogP contribution in [0.25, 0.3) is 0 Å². The Labute approximate surface area is 294 Å². The number of ether oxygens (including phenoxy) is 5. The fourth-order valence-electron chi connectivity index (χ4n) is 5.15. The molecule has 10 heteroatoms. The normalized spacial score (nSPS) is 22.6. The number of carbonyl (C=O) groups is 4. The molecule has 0 aromatic heterocycles. The van der Waals surface area contributed by atoms with Gasteiger partial charge in [0.05, 0.1) is 21.7 Å². The first-order valence-electron chi connectivity index (χ1n) is 17.7. The highest BCUT2D eigenvalue weighted by Crippen LogP contribution is 2.39. The van der Waals surface area contributed by atoms with Gasteiger partial charge in [-0.2, -0.15) is 0 Å². The molecular weight excluding hydrogens is 626 g/mol. The number of unbranched alkanes of at least 4 members (excludes halogenated alkanes) is 1. The molecule has 2 rings (SSSR count). The van der Waals surface area contributed by atoms with Crippen molar-refractivity contribution in [2.75, 3.05) is 13.2 Å². The molecule has 1 heterocycles. The Balaban J connectivity index is 2.89. The molecule has 0 saturated carbocycles. The van der Waals surface area contributed by atoms with E-state index in [2.05, 4.69) is 24.0 Å². The van der Waals surface area contributed by atoms with Crippen LogP contribution in [0.3, 0.4) is 0 Å². The summed E-state index contributed by atoms with van der Waals surface area (Å²) in [6.45, 7) is 25.0. The van der Waals surface area contributed by atoms with Gasteiger partial charge >= 0.3 is 23.9 Å². The van der Waals surface area contributed by atoms with Gasteiger partial charge in [0.25, 0.3) is 0 Å². The molecule has 0 bridgehead atoms. The van der Waals surface area contributed by atoms with Crippen LogP contribution in [0.15, 0.2) is 30.3 Å². The number of hydrogen-bond donors (Lipinski definition) is 0. The van der Waals surface area contributed by atoms with Gasteiger partial charge in [-0.05, 0) is 102 Å². The van der Waals surface area contributed by atoms with Crippen LogP contribution in [-0.4, -0.2) is 72.6 Å². The second-order valence-electron chi connectivity index (χ2n) is 17.2. The van der Waals surface area contributed by atoms with Crippen molar-refractivity contribution in [1.29, 1.82) is 0 Å². The van der Waals surface area contributed by atoms with Gasteiger partial charge in [0.2, 0.25) is 0 Å². The topological polar surface area (TPSA) is 118 Å². The number of hydrogen-bond acceptors (Lipinski definition) is 10. The average Bonchev–Trinajstić information content (AvgIpc) is 2.98. The minimum atomic E-state index is -1.29. The van der Waals surface area contributed by atoms with Crippen molar-refractivity contribution in [3.8, 4) is 0 Å². The van der Waals surface area contributed by atoms with E-state index in [1.54, 1.807) is 83.1 Å². The molecule has 278 valence electrons. The summed E-state index contributed by atoms with van der Waals surface area (Å²) in [5, 5.41) is 0. The summed E-state index contributed by atoms with van der Waals surface area (Å²) in [4.78, 5) is 56.1. The first-order chi connectivity index (χ1) is 22.4. The van der Waals surface area contributed by atoms with Crippen molar-refractivity contribution in [2.45, 2.75) is 153 Å². The van der Waals surface area contributed by atoms with Crippen LogP contribution in [0, 0.1) is 21.7 Å². The van der Waals surface area contributed by atoms with Crippen LogP contribution in [0.1, 0.15) is 128 Å². The molecule has 10 nitrogen and oxygen atoms in total. The molecule has 1 aromatic carbocycles. The number of carbonyl (C=O) groups excluding carboxylic acids is 4. The van der Waals surface area contributed by atoms with E-state index in [1.165, 1.54) is 0 Å². The number of esters is 4. The van der Waals surface area contributed by atoms with Gasteiger partial charge in [0.15, 0.2) is 24.5 Å². The SMILES string of the molecule is CCCC[C@@H](c1ccccc1)N(CC)[C@@H]1O[C@H](COC(=O)C(C)(C)C)[C@H](OC(=O)C(C)(C)C)[C@H](OC(=O)C(C)(C)C)[C@H]1OC(=O)C(C)(C)C. The van der Waals surface area contributed by atoms with E-state index in [0.717, 1.165) is 24.8 Å². The lowest BCUT2D eigenvalue weighted by Gasteiger charge is -2.50. The Morgan fingerprint density at radius 3 is 1.55 bits per heavy atom. The molecule has 0 aliphatic carbocycles. The molecule has 1 saturated heterocycles. The quantitative estimate of drug-likeness (QED) is 0.162. The molecule has 1 aliphatic rings. The Kier molecular flexibility index (Phi) is 14.5. The van der Waals surface area contributed by atoms with Gasteiger partial charge in [-0.3, -0.25) is 24.1 Å². The smallest absolute Gasteiger partial charge is 0.311 e. The van der Waals surface area contributed by atoms with Crippen molar-refractivity contribution in [3.05, 3.63) is 35.9 Å². The third kappa shape index (κ3) is 11.8. The van der Waals surface area contributed by atoms with Crippen LogP contribution < -0.4 is 0 Å². The molecule has 1 aromatic rings. The third-order valence-corrected chi connectivity index (χ3v) is 8.27. The van der Waals surface area contributed by atoms with Gasteiger partial charge in [0.1, 0.15) is 12.7 Å². The predicted octanol–water partition coefficient (Wildman–Crippen LogP) is 7.43. The van der Waals surface area contributed by atoms with Gasteiger partial charge in [0, 0.05) is 6.04 Å². The second kappa shape index (κ2) is 16.8. The van der Waals surface area contributed by atoms with Crippen molar-refractivity contribution in [2.24, 2.45) is 21.7 Å². The molecule has 0 radical (unpaired) electrons. The lowest BCUT2D eigenvalue weighted by atomic mass is 9.91. The zero-order valence-corrected chi connectivity index (χ0v) is 32.5. The van der Waals surface area contributed by atoms with Crippen LogP contribution in [0.2, 0.25) is 0 Å². The zero-order chi connectivity index (χ0) is 37.5. The molecular formula is C39H63NO9. The standard InChI is InChI=1S/C39H63NO9/c1-15-17-23-26(25-21-19-18-20-22-25)40(16-2)31-30(49-35(44)39(12,13)14)29(48-34(43)38(9,10)11)28(47-33(42)37(6,7)8)27(46-31)24-45-32(41)36(3,4)5/h18-22,26-31H,15-17,23-24H2,1-14H3/t26-,27+,28-,29-,30+,31+/m0/s1. The lowest BCUT2D eigenvalue weighted by Crippen LogP contribution is -2.67. The molecule has 49 heavy (non-hydrogen) atoms. The van der Waals surface area contributed by atoms with E-state index in [1.807, 2.05) is 25.1 Å². The van der Waals surface area contributed by atoms with Crippen LogP contribution >= 0.6 is 0 Å². The molecule has 0 amide bonds.